The van der Waals surface area contributed by atoms with Crippen molar-refractivity contribution in [3.05, 3.63) is 0 Å². The Morgan fingerprint density at radius 1 is 0.864 bits per heavy atom. The number of aliphatic hydroxyl groups excluding tert-OH is 1. The van der Waals surface area contributed by atoms with Gasteiger partial charge in [0, 0.05) is 5.75 Å². The van der Waals surface area contributed by atoms with Gasteiger partial charge in [-0.05, 0) is 12.3 Å². The zero-order valence-electron chi connectivity index (χ0n) is 16.0. The van der Waals surface area contributed by atoms with E-state index in [0.717, 1.165) is 5.92 Å². The van der Waals surface area contributed by atoms with E-state index in [4.69, 9.17) is 5.11 Å². The summed E-state index contributed by atoms with van der Waals surface area (Å²) < 4.78 is 21.3. The number of aliphatic hydroxyl groups is 1. The van der Waals surface area contributed by atoms with Crippen LogP contribution in [0.5, 0.6) is 0 Å². The van der Waals surface area contributed by atoms with Crippen molar-refractivity contribution in [3.8, 4) is 0 Å². The molecule has 0 radical (unpaired) electrons. The molecule has 0 saturated heterocycles. The van der Waals surface area contributed by atoms with Crippen molar-refractivity contribution in [2.24, 2.45) is 5.92 Å². The van der Waals surface area contributed by atoms with E-state index in [1.54, 1.807) is 6.92 Å². The first-order chi connectivity index (χ1) is 10.4. The molecule has 1 aliphatic carbocycles. The molecule has 22 heavy (non-hydrogen) atoms. The molecule has 1 saturated carbocycles. The topological polar surface area (TPSA) is 54.4 Å². The number of hydrogen-bond donors (Lipinski definition) is 1. The van der Waals surface area contributed by atoms with Crippen molar-refractivity contribution in [2.75, 3.05) is 18.1 Å². The Kier molecular flexibility index (Phi) is 25.5. The highest BCUT2D eigenvalue weighted by Gasteiger charge is 2.17. The Morgan fingerprint density at radius 2 is 1.32 bits per heavy atom. The highest BCUT2D eigenvalue weighted by Crippen LogP contribution is 2.31. The van der Waals surface area contributed by atoms with Crippen LogP contribution >= 0.6 is 0 Å². The third-order valence-electron chi connectivity index (χ3n) is 2.90. The van der Waals surface area contributed by atoms with Crippen molar-refractivity contribution in [1.29, 1.82) is 0 Å². The molecule has 0 bridgehead atoms. The Hall–Kier alpha value is -0.0900. The van der Waals surface area contributed by atoms with Gasteiger partial charge in [0.25, 0.3) is 0 Å². The van der Waals surface area contributed by atoms with Crippen LogP contribution in [-0.2, 0) is 9.84 Å². The molecule has 0 heterocycles. The standard InChI is InChI=1S/C5H12O3S.C5H10.C5H12.C3H8/c1-2-4-9(7,8)5-3-6;1-2-5-3-4-5;1-3-5-4-2;1-3-2/h6H,2-5H2,1H3;5H,2-4H2,1H3;3-5H2,1-2H3;3H2,1-2H3. The van der Waals surface area contributed by atoms with E-state index in [0.29, 0.717) is 6.42 Å². The molecule has 0 aromatic carbocycles. The summed E-state index contributed by atoms with van der Waals surface area (Å²) in [5.74, 6) is 1.23. The molecule has 0 aliphatic heterocycles. The molecule has 1 rings (SSSR count). The first-order valence-electron chi connectivity index (χ1n) is 9.19. The SMILES string of the molecule is CCC.CCC1CC1.CCCCC.CCCS(=O)(=O)CCO. The maximum atomic E-state index is 10.7. The smallest absolute Gasteiger partial charge is 0.152 e. The van der Waals surface area contributed by atoms with Crippen LogP contribution in [0.25, 0.3) is 0 Å². The summed E-state index contributed by atoms with van der Waals surface area (Å²) in [6.45, 7) is 12.5. The summed E-state index contributed by atoms with van der Waals surface area (Å²) in [6, 6.07) is 0. The minimum atomic E-state index is -2.93. The Labute approximate surface area is 140 Å². The summed E-state index contributed by atoms with van der Waals surface area (Å²) in [6.07, 6.45) is 10.4. The number of hydrogen-bond acceptors (Lipinski definition) is 3. The molecule has 0 spiro atoms. The molecule has 0 atom stereocenters. The van der Waals surface area contributed by atoms with E-state index in [1.165, 1.54) is 44.9 Å². The van der Waals surface area contributed by atoms with Gasteiger partial charge >= 0.3 is 0 Å². The van der Waals surface area contributed by atoms with Gasteiger partial charge in [-0.3, -0.25) is 0 Å². The molecule has 1 aliphatic rings. The van der Waals surface area contributed by atoms with Gasteiger partial charge in [0.05, 0.1) is 12.4 Å². The third-order valence-corrected chi connectivity index (χ3v) is 4.73. The lowest BCUT2D eigenvalue weighted by Crippen LogP contribution is -2.12. The van der Waals surface area contributed by atoms with Gasteiger partial charge in [-0.2, -0.15) is 0 Å². The Balaban J connectivity index is -0.000000238. The first-order valence-corrected chi connectivity index (χ1v) is 11.0. The fraction of sp³-hybridized carbons (Fsp3) is 1.00. The second-order valence-electron chi connectivity index (χ2n) is 5.79. The van der Waals surface area contributed by atoms with Gasteiger partial charge < -0.3 is 5.11 Å². The van der Waals surface area contributed by atoms with Crippen LogP contribution in [0.3, 0.4) is 0 Å². The predicted octanol–water partition coefficient (Wildman–Crippen LogP) is 5.22. The first kappa shape index (κ1) is 26.8. The lowest BCUT2D eigenvalue weighted by atomic mass is 10.3. The van der Waals surface area contributed by atoms with E-state index >= 15 is 0 Å². The molecular weight excluding hydrogens is 296 g/mol. The van der Waals surface area contributed by atoms with Crippen LogP contribution in [-0.4, -0.2) is 31.6 Å². The largest absolute Gasteiger partial charge is 0.395 e. The molecule has 0 amide bonds. The number of sulfone groups is 1. The molecule has 1 N–H and O–H groups in total. The molecule has 0 aromatic heterocycles. The van der Waals surface area contributed by atoms with Crippen LogP contribution < -0.4 is 0 Å². The van der Waals surface area contributed by atoms with Crippen molar-refractivity contribution >= 4 is 9.84 Å². The highest BCUT2D eigenvalue weighted by atomic mass is 32.2. The van der Waals surface area contributed by atoms with Crippen molar-refractivity contribution < 1.29 is 13.5 Å². The predicted molar refractivity (Wildman–Crippen MR) is 100 cm³/mol. The van der Waals surface area contributed by atoms with Crippen molar-refractivity contribution in [2.45, 2.75) is 92.9 Å². The second kappa shape index (κ2) is 20.9. The Morgan fingerprint density at radius 3 is 1.45 bits per heavy atom. The van der Waals surface area contributed by atoms with Crippen LogP contribution in [0.4, 0.5) is 0 Å². The summed E-state index contributed by atoms with van der Waals surface area (Å²) in [7, 11) is -2.93. The quantitative estimate of drug-likeness (QED) is 0.692. The summed E-state index contributed by atoms with van der Waals surface area (Å²) in [4.78, 5) is 0. The van der Waals surface area contributed by atoms with Gasteiger partial charge in [0.2, 0.25) is 0 Å². The van der Waals surface area contributed by atoms with Crippen LogP contribution in [0.1, 0.15) is 92.9 Å². The zero-order chi connectivity index (χ0) is 17.9. The van der Waals surface area contributed by atoms with Gasteiger partial charge in [0.1, 0.15) is 0 Å². The van der Waals surface area contributed by atoms with Crippen molar-refractivity contribution in [1.82, 2.24) is 0 Å². The molecule has 1 fully saturated rings. The molecule has 138 valence electrons. The maximum Gasteiger partial charge on any atom is 0.152 e. The molecule has 0 unspecified atom stereocenters. The van der Waals surface area contributed by atoms with Gasteiger partial charge in [-0.1, -0.05) is 86.5 Å². The van der Waals surface area contributed by atoms with Crippen LogP contribution in [0, 0.1) is 5.92 Å². The summed E-state index contributed by atoms with van der Waals surface area (Å²) in [5, 5.41) is 8.25. The minimum absolute atomic E-state index is 0.0964. The van der Waals surface area contributed by atoms with E-state index in [-0.39, 0.29) is 18.1 Å². The summed E-state index contributed by atoms with van der Waals surface area (Å²) in [5.41, 5.74) is 0. The van der Waals surface area contributed by atoms with E-state index in [1.807, 2.05) is 0 Å². The second-order valence-corrected chi connectivity index (χ2v) is 8.09. The maximum absolute atomic E-state index is 10.7. The fourth-order valence-electron chi connectivity index (χ4n) is 1.43. The highest BCUT2D eigenvalue weighted by molar-refractivity contribution is 7.91. The zero-order valence-corrected chi connectivity index (χ0v) is 16.8. The van der Waals surface area contributed by atoms with Gasteiger partial charge in [-0.25, -0.2) is 8.42 Å². The van der Waals surface area contributed by atoms with E-state index < -0.39 is 9.84 Å². The minimum Gasteiger partial charge on any atom is -0.395 e. The number of rotatable bonds is 7. The van der Waals surface area contributed by atoms with Crippen LogP contribution in [0.15, 0.2) is 0 Å². The fourth-order valence-corrected chi connectivity index (χ4v) is 2.54. The van der Waals surface area contributed by atoms with Crippen molar-refractivity contribution in [3.63, 3.8) is 0 Å². The number of unbranched alkanes of at least 4 members (excludes halogenated alkanes) is 2. The van der Waals surface area contributed by atoms with Crippen LogP contribution in [0.2, 0.25) is 0 Å². The lowest BCUT2D eigenvalue weighted by molar-refractivity contribution is 0.319. The normalized spacial score (nSPS) is 12.9. The van der Waals surface area contributed by atoms with Gasteiger partial charge in [-0.15, -0.1) is 0 Å². The van der Waals surface area contributed by atoms with E-state index in [9.17, 15) is 8.42 Å². The van der Waals surface area contributed by atoms with Gasteiger partial charge in [0.15, 0.2) is 9.84 Å². The third kappa shape index (κ3) is 32.0. The monoisotopic (exact) mass is 338 g/mol. The average molecular weight is 339 g/mol. The van der Waals surface area contributed by atoms with E-state index in [2.05, 4.69) is 34.6 Å². The molecular formula is C18H42O3S. The Bertz CT molecular complexity index is 256. The molecule has 0 aromatic rings. The molecule has 3 nitrogen and oxygen atoms in total. The molecule has 4 heteroatoms. The lowest BCUT2D eigenvalue weighted by Gasteiger charge is -1.96. The average Bonchev–Trinajstić information content (AvgIpc) is 3.25. The summed E-state index contributed by atoms with van der Waals surface area (Å²) >= 11 is 0.